The van der Waals surface area contributed by atoms with E-state index in [9.17, 15) is 22.8 Å². The van der Waals surface area contributed by atoms with Crippen molar-refractivity contribution in [1.29, 1.82) is 0 Å². The molecule has 3 aliphatic rings. The van der Waals surface area contributed by atoms with Gasteiger partial charge in [0.2, 0.25) is 27.7 Å². The van der Waals surface area contributed by atoms with Gasteiger partial charge in [0.15, 0.2) is 11.6 Å². The lowest BCUT2D eigenvalue weighted by Gasteiger charge is -2.35. The lowest BCUT2D eigenvalue weighted by Crippen LogP contribution is -2.48. The maximum Gasteiger partial charge on any atom is 0.240 e. The predicted octanol–water partition coefficient (Wildman–Crippen LogP) is 9.32. The first-order valence-corrected chi connectivity index (χ1v) is 22.3. The number of allylic oxidation sites excluding steroid dienone is 1. The van der Waals surface area contributed by atoms with Crippen LogP contribution < -0.4 is 14.2 Å². The van der Waals surface area contributed by atoms with Crippen molar-refractivity contribution in [2.24, 2.45) is 22.7 Å². The average Bonchev–Trinajstić information content (AvgIpc) is 4.05. The Balaban J connectivity index is 0.00000341. The molecule has 1 saturated heterocycles. The molecule has 2 aromatic heterocycles. The molecular formula is C41H44Cl5FN4O7S2. The Morgan fingerprint density at radius 3 is 2.47 bits per heavy atom. The van der Waals surface area contributed by atoms with Crippen LogP contribution in [0.15, 0.2) is 54.6 Å². The number of carbonyl (C=O) groups is 3. The minimum absolute atomic E-state index is 0. The molecule has 0 radical (unpaired) electrons. The van der Waals surface area contributed by atoms with E-state index in [-0.39, 0.29) is 84.4 Å². The first kappa shape index (κ1) is 47.8. The van der Waals surface area contributed by atoms with Crippen LogP contribution in [0.2, 0.25) is 15.1 Å². The number of amides is 2. The van der Waals surface area contributed by atoms with Crippen LogP contribution in [0.25, 0.3) is 22.0 Å². The standard InChI is InChI=1S/C41H42Cl3FN4O7S2.2ClH/c1-6-21-16-41(21,39(52)48-58(53,54)25-8-9-25)17-33(50)32-14-24(56-37-27-11-22(42)7-10-26(27)34(55-5)18-46-37)19-49(32)38(51)29(40(2,3)4)15-35-47-31(20-57-35)28-12-23(43)13-30(44)36(28)45;;/h6-7,10-13,18,20-21,24-25,29,32H,1,8-9,14-17,19H2,2-5H3,(H,48,52);2*1H/t21-,24-,29-,32+,41-;;/m1../s1. The average molecular weight is 965 g/mol. The van der Waals surface area contributed by atoms with Gasteiger partial charge in [0.05, 0.1) is 52.3 Å². The van der Waals surface area contributed by atoms with E-state index in [1.165, 1.54) is 41.7 Å². The number of methoxy groups -OCH3 is 1. The Bertz CT molecular complexity index is 2450. The molecule has 5 atom stereocenters. The summed E-state index contributed by atoms with van der Waals surface area (Å²) in [5, 5.41) is 3.42. The summed E-state index contributed by atoms with van der Waals surface area (Å²) in [6, 6.07) is 6.92. The molecular weight excluding hydrogens is 921 g/mol. The number of thiazole rings is 1. The number of rotatable bonds is 14. The van der Waals surface area contributed by atoms with E-state index in [1.54, 1.807) is 29.7 Å². The molecule has 7 rings (SSSR count). The van der Waals surface area contributed by atoms with Crippen molar-refractivity contribution in [2.45, 2.75) is 76.7 Å². The third kappa shape index (κ3) is 9.70. The molecule has 2 aromatic carbocycles. The molecule has 0 unspecified atom stereocenters. The Kier molecular flexibility index (Phi) is 14.5. The zero-order valence-corrected chi connectivity index (χ0v) is 38.5. The second-order valence-corrected chi connectivity index (χ2v) is 20.5. The van der Waals surface area contributed by atoms with Crippen LogP contribution in [0.3, 0.4) is 0 Å². The highest BCUT2D eigenvalue weighted by Gasteiger charge is 2.61. The van der Waals surface area contributed by atoms with Crippen molar-refractivity contribution in [3.8, 4) is 22.9 Å². The smallest absolute Gasteiger partial charge is 0.240 e. The van der Waals surface area contributed by atoms with Gasteiger partial charge in [0.25, 0.3) is 0 Å². The largest absolute Gasteiger partial charge is 0.494 e. The number of Topliss-reactive ketones (excluding diaryl/α,β-unsaturated/α-hetero) is 1. The Hall–Kier alpha value is -3.24. The number of hydrogen-bond acceptors (Lipinski definition) is 10. The highest BCUT2D eigenvalue weighted by atomic mass is 35.5. The maximum absolute atomic E-state index is 15.0. The van der Waals surface area contributed by atoms with Crippen LogP contribution in [0.5, 0.6) is 11.6 Å². The van der Waals surface area contributed by atoms with Gasteiger partial charge in [-0.2, -0.15) is 0 Å². The Labute approximate surface area is 379 Å². The van der Waals surface area contributed by atoms with Gasteiger partial charge < -0.3 is 14.4 Å². The zero-order chi connectivity index (χ0) is 41.9. The Morgan fingerprint density at radius 1 is 1.12 bits per heavy atom. The van der Waals surface area contributed by atoms with Crippen LogP contribution in [0.1, 0.15) is 57.9 Å². The van der Waals surface area contributed by atoms with Gasteiger partial charge in [0, 0.05) is 56.9 Å². The molecule has 2 amide bonds. The molecule has 0 spiro atoms. The van der Waals surface area contributed by atoms with Crippen molar-refractivity contribution in [2.75, 3.05) is 13.7 Å². The summed E-state index contributed by atoms with van der Waals surface area (Å²) in [6.07, 6.45) is 3.48. The van der Waals surface area contributed by atoms with Gasteiger partial charge in [-0.15, -0.1) is 42.7 Å². The highest BCUT2D eigenvalue weighted by Crippen LogP contribution is 2.57. The molecule has 60 heavy (non-hydrogen) atoms. The summed E-state index contributed by atoms with van der Waals surface area (Å²) in [5.74, 6) is -2.56. The molecule has 2 saturated carbocycles. The van der Waals surface area contributed by atoms with E-state index in [0.29, 0.717) is 45.1 Å². The number of fused-ring (bicyclic) bond motifs is 1. The summed E-state index contributed by atoms with van der Waals surface area (Å²) in [4.78, 5) is 53.9. The van der Waals surface area contributed by atoms with Crippen LogP contribution in [0, 0.1) is 28.5 Å². The summed E-state index contributed by atoms with van der Waals surface area (Å²) in [7, 11) is -2.36. The summed E-state index contributed by atoms with van der Waals surface area (Å²) in [6.45, 7) is 9.58. The van der Waals surface area contributed by atoms with Crippen molar-refractivity contribution < 1.29 is 36.7 Å². The number of ketones is 1. The fourth-order valence-electron chi connectivity index (χ4n) is 7.73. The number of hydrogen-bond donors (Lipinski definition) is 1. The monoisotopic (exact) mass is 962 g/mol. The summed E-state index contributed by atoms with van der Waals surface area (Å²) < 4.78 is 54.9. The van der Waals surface area contributed by atoms with Gasteiger partial charge >= 0.3 is 0 Å². The quantitative estimate of drug-likeness (QED) is 0.0966. The fourth-order valence-corrected chi connectivity index (χ4v) is 10.6. The summed E-state index contributed by atoms with van der Waals surface area (Å²) in [5.41, 5.74) is -1.52. The van der Waals surface area contributed by atoms with Gasteiger partial charge in [-0.05, 0) is 60.9 Å². The number of carbonyl (C=O) groups excluding carboxylic acids is 3. The number of likely N-dealkylation sites (tertiary alicyclic amines) is 1. The highest BCUT2D eigenvalue weighted by molar-refractivity contribution is 7.90. The number of sulfonamides is 1. The second kappa shape index (κ2) is 18.2. The molecule has 1 N–H and O–H groups in total. The van der Waals surface area contributed by atoms with Gasteiger partial charge in [-0.1, -0.05) is 61.7 Å². The number of halogens is 6. The zero-order valence-electron chi connectivity index (χ0n) is 33.0. The lowest BCUT2D eigenvalue weighted by atomic mass is 9.77. The summed E-state index contributed by atoms with van der Waals surface area (Å²) >= 11 is 19.9. The molecule has 1 aliphatic heterocycles. The lowest BCUT2D eigenvalue weighted by molar-refractivity contribution is -0.144. The predicted molar refractivity (Wildman–Crippen MR) is 237 cm³/mol. The van der Waals surface area contributed by atoms with Crippen LogP contribution in [0.4, 0.5) is 4.39 Å². The first-order chi connectivity index (χ1) is 27.3. The van der Waals surface area contributed by atoms with Gasteiger partial charge in [-0.25, -0.2) is 22.8 Å². The fraction of sp³-hybridized carbons (Fsp3) is 0.439. The van der Waals surface area contributed by atoms with Crippen molar-refractivity contribution in [3.05, 3.63) is 80.5 Å². The third-order valence-electron chi connectivity index (χ3n) is 11.3. The normalized spacial score (nSPS) is 21.7. The van der Waals surface area contributed by atoms with E-state index >= 15 is 4.39 Å². The van der Waals surface area contributed by atoms with E-state index < -0.39 is 67.6 Å². The van der Waals surface area contributed by atoms with Crippen LogP contribution in [-0.4, -0.2) is 71.9 Å². The third-order valence-corrected chi connectivity index (χ3v) is 14.7. The number of ether oxygens (including phenoxy) is 2. The molecule has 11 nitrogen and oxygen atoms in total. The minimum Gasteiger partial charge on any atom is -0.494 e. The number of aromatic nitrogens is 2. The molecule has 324 valence electrons. The van der Waals surface area contributed by atoms with E-state index in [1.807, 2.05) is 20.8 Å². The van der Waals surface area contributed by atoms with Crippen LogP contribution in [-0.2, 0) is 30.8 Å². The topological polar surface area (TPSA) is 145 Å². The van der Waals surface area contributed by atoms with E-state index in [2.05, 4.69) is 21.3 Å². The first-order valence-electron chi connectivity index (χ1n) is 18.7. The second-order valence-electron chi connectivity index (χ2n) is 16.3. The van der Waals surface area contributed by atoms with Crippen molar-refractivity contribution in [1.82, 2.24) is 19.6 Å². The van der Waals surface area contributed by atoms with Gasteiger partial charge in [0.1, 0.15) is 11.9 Å². The molecule has 4 aromatic rings. The number of benzene rings is 2. The van der Waals surface area contributed by atoms with Crippen molar-refractivity contribution in [3.63, 3.8) is 0 Å². The maximum atomic E-state index is 15.0. The number of nitrogens with one attached hydrogen (secondary N) is 1. The molecule has 3 heterocycles. The van der Waals surface area contributed by atoms with E-state index in [0.717, 1.165) is 0 Å². The van der Waals surface area contributed by atoms with E-state index in [4.69, 9.17) is 44.3 Å². The van der Waals surface area contributed by atoms with Crippen LogP contribution >= 0.6 is 71.0 Å². The molecule has 0 bridgehead atoms. The molecule has 3 fully saturated rings. The van der Waals surface area contributed by atoms with Crippen molar-refractivity contribution >= 4 is 109 Å². The molecule has 19 heteroatoms. The minimum atomic E-state index is -3.88. The molecule has 2 aliphatic carbocycles. The van der Waals surface area contributed by atoms with Gasteiger partial charge in [-0.3, -0.25) is 19.1 Å². The SMILES string of the molecule is C=C[C@@H]1C[C@]1(CC(=O)[C@@H]1C[C@@H](Oc2ncc(OC)c3ccc(Cl)cc23)CN1C(=O)[C@@H](Cc1nc(-c2cc(Cl)cc(Cl)c2F)cs1)C(C)(C)C)C(=O)NS(=O)(=O)C1CC1.Cl.Cl. The number of pyridine rings is 1. The Morgan fingerprint density at radius 2 is 1.83 bits per heavy atom. The number of nitrogens with zero attached hydrogens (tertiary/aromatic N) is 3.